The first-order chi connectivity index (χ1) is 11.1. The third kappa shape index (κ3) is 3.17. The molecule has 0 radical (unpaired) electrons. The van der Waals surface area contributed by atoms with Crippen molar-refractivity contribution in [1.29, 1.82) is 0 Å². The molecule has 6 heteroatoms. The number of nitrogens with zero attached hydrogens (tertiary/aromatic N) is 4. The number of carboxylic acid groups (broad SMARTS) is 1. The zero-order valence-corrected chi connectivity index (χ0v) is 13.4. The Morgan fingerprint density at radius 2 is 1.87 bits per heavy atom. The number of likely N-dealkylation sites (N-methyl/N-ethyl adjacent to an activating group) is 1. The summed E-state index contributed by atoms with van der Waals surface area (Å²) in [5, 5.41) is 9.45. The molecule has 0 saturated carbocycles. The van der Waals surface area contributed by atoms with Gasteiger partial charge in [-0.2, -0.15) is 0 Å². The fourth-order valence-electron chi connectivity index (χ4n) is 2.73. The van der Waals surface area contributed by atoms with Crippen molar-refractivity contribution in [1.82, 2.24) is 14.9 Å². The van der Waals surface area contributed by atoms with Gasteiger partial charge in [0, 0.05) is 37.9 Å². The molecule has 1 aliphatic heterocycles. The van der Waals surface area contributed by atoms with Crippen LogP contribution in [0.1, 0.15) is 15.9 Å². The molecule has 0 bridgehead atoms. The van der Waals surface area contributed by atoms with Gasteiger partial charge >= 0.3 is 5.97 Å². The second-order valence-electron chi connectivity index (χ2n) is 5.84. The molecule has 1 saturated heterocycles. The number of anilines is 1. The molecular weight excluding hydrogens is 292 g/mol. The molecule has 1 fully saturated rings. The maximum atomic E-state index is 11.5. The van der Waals surface area contributed by atoms with Gasteiger partial charge in [-0.15, -0.1) is 0 Å². The minimum atomic E-state index is -1.01. The van der Waals surface area contributed by atoms with E-state index < -0.39 is 5.97 Å². The van der Waals surface area contributed by atoms with Gasteiger partial charge in [0.25, 0.3) is 0 Å². The molecule has 3 rings (SSSR count). The average Bonchev–Trinajstić information content (AvgIpc) is 2.55. The largest absolute Gasteiger partial charge is 0.478 e. The molecule has 1 aliphatic rings. The highest BCUT2D eigenvalue weighted by Crippen LogP contribution is 2.26. The van der Waals surface area contributed by atoms with Gasteiger partial charge in [-0.3, -0.25) is 0 Å². The van der Waals surface area contributed by atoms with Crippen LogP contribution in [0.15, 0.2) is 30.5 Å². The van der Waals surface area contributed by atoms with Gasteiger partial charge in [0.1, 0.15) is 5.56 Å². The summed E-state index contributed by atoms with van der Waals surface area (Å²) in [6.07, 6.45) is 1.42. The van der Waals surface area contributed by atoms with Gasteiger partial charge in [0.2, 0.25) is 5.95 Å². The molecule has 0 aliphatic carbocycles. The molecule has 2 aromatic rings. The molecular formula is C17H20N4O2. The Morgan fingerprint density at radius 3 is 2.52 bits per heavy atom. The molecule has 0 amide bonds. The summed E-state index contributed by atoms with van der Waals surface area (Å²) < 4.78 is 0. The summed E-state index contributed by atoms with van der Waals surface area (Å²) in [6, 6.07) is 7.68. The van der Waals surface area contributed by atoms with Gasteiger partial charge in [-0.1, -0.05) is 24.3 Å². The monoisotopic (exact) mass is 312 g/mol. The van der Waals surface area contributed by atoms with E-state index in [-0.39, 0.29) is 5.56 Å². The number of aromatic nitrogens is 2. The third-order valence-corrected chi connectivity index (χ3v) is 4.19. The highest BCUT2D eigenvalue weighted by Gasteiger charge is 2.21. The number of benzene rings is 1. The lowest BCUT2D eigenvalue weighted by atomic mass is 10.0. The van der Waals surface area contributed by atoms with E-state index >= 15 is 0 Å². The van der Waals surface area contributed by atoms with Gasteiger partial charge in [-0.05, 0) is 19.5 Å². The Labute approximate surface area is 135 Å². The summed E-state index contributed by atoms with van der Waals surface area (Å²) in [7, 11) is 2.09. The third-order valence-electron chi connectivity index (χ3n) is 4.19. The Bertz CT molecular complexity index is 724. The van der Waals surface area contributed by atoms with E-state index in [0.717, 1.165) is 37.3 Å². The maximum absolute atomic E-state index is 11.5. The Morgan fingerprint density at radius 1 is 1.17 bits per heavy atom. The van der Waals surface area contributed by atoms with Gasteiger partial charge in [-0.25, -0.2) is 14.8 Å². The lowest BCUT2D eigenvalue weighted by Crippen LogP contribution is -2.45. The number of aryl methyl sites for hydroxylation is 1. The number of piperazine rings is 1. The topological polar surface area (TPSA) is 69.6 Å². The first kappa shape index (κ1) is 15.4. The highest BCUT2D eigenvalue weighted by atomic mass is 16.4. The SMILES string of the molecule is Cc1ccccc1-c1nc(N2CCN(C)CC2)ncc1C(=O)O. The first-order valence-electron chi connectivity index (χ1n) is 7.66. The predicted molar refractivity (Wildman–Crippen MR) is 88.9 cm³/mol. The van der Waals surface area contributed by atoms with Crippen LogP contribution in [0.4, 0.5) is 5.95 Å². The van der Waals surface area contributed by atoms with E-state index in [1.165, 1.54) is 6.20 Å². The molecule has 0 atom stereocenters. The second kappa shape index (κ2) is 6.34. The summed E-state index contributed by atoms with van der Waals surface area (Å²) in [5.74, 6) is -0.408. The zero-order valence-electron chi connectivity index (χ0n) is 13.4. The van der Waals surface area contributed by atoms with E-state index in [9.17, 15) is 9.90 Å². The molecule has 6 nitrogen and oxygen atoms in total. The minimum absolute atomic E-state index is 0.136. The zero-order chi connectivity index (χ0) is 16.4. The van der Waals surface area contributed by atoms with E-state index in [1.807, 2.05) is 31.2 Å². The smallest absolute Gasteiger partial charge is 0.339 e. The summed E-state index contributed by atoms with van der Waals surface area (Å²) in [5.41, 5.74) is 2.46. The van der Waals surface area contributed by atoms with Gasteiger partial charge in [0.05, 0.1) is 5.69 Å². The number of hydrogen-bond acceptors (Lipinski definition) is 5. The van der Waals surface area contributed by atoms with Crippen LogP contribution in [0.5, 0.6) is 0 Å². The molecule has 23 heavy (non-hydrogen) atoms. The standard InChI is InChI=1S/C17H20N4O2/c1-12-5-3-4-6-13(12)15-14(16(22)23)11-18-17(19-15)21-9-7-20(2)8-10-21/h3-6,11H,7-10H2,1-2H3,(H,22,23). The summed E-state index contributed by atoms with van der Waals surface area (Å²) in [6.45, 7) is 5.54. The van der Waals surface area contributed by atoms with Crippen molar-refractivity contribution in [3.63, 3.8) is 0 Å². The van der Waals surface area contributed by atoms with Crippen LogP contribution in [0.3, 0.4) is 0 Å². The minimum Gasteiger partial charge on any atom is -0.478 e. The van der Waals surface area contributed by atoms with Crippen molar-refractivity contribution < 1.29 is 9.90 Å². The van der Waals surface area contributed by atoms with Gasteiger partial charge < -0.3 is 14.9 Å². The molecule has 1 aromatic heterocycles. The average molecular weight is 312 g/mol. The molecule has 2 heterocycles. The molecule has 1 aromatic carbocycles. The van der Waals surface area contributed by atoms with Crippen LogP contribution in [-0.4, -0.2) is 59.2 Å². The quantitative estimate of drug-likeness (QED) is 0.933. The lowest BCUT2D eigenvalue weighted by molar-refractivity contribution is 0.0697. The Balaban J connectivity index is 2.04. The van der Waals surface area contributed by atoms with E-state index in [4.69, 9.17) is 0 Å². The van der Waals surface area contributed by atoms with Crippen molar-refractivity contribution in [3.8, 4) is 11.3 Å². The Kier molecular flexibility index (Phi) is 4.25. The van der Waals surface area contributed by atoms with Crippen LogP contribution in [0.2, 0.25) is 0 Å². The van der Waals surface area contributed by atoms with Crippen molar-refractivity contribution in [2.45, 2.75) is 6.92 Å². The van der Waals surface area contributed by atoms with Crippen molar-refractivity contribution in [2.24, 2.45) is 0 Å². The van der Waals surface area contributed by atoms with Crippen LogP contribution in [-0.2, 0) is 0 Å². The molecule has 1 N–H and O–H groups in total. The fraction of sp³-hybridized carbons (Fsp3) is 0.353. The van der Waals surface area contributed by atoms with E-state index in [2.05, 4.69) is 26.8 Å². The number of rotatable bonds is 3. The van der Waals surface area contributed by atoms with Crippen LogP contribution < -0.4 is 4.90 Å². The first-order valence-corrected chi connectivity index (χ1v) is 7.66. The summed E-state index contributed by atoms with van der Waals surface area (Å²) in [4.78, 5) is 24.8. The van der Waals surface area contributed by atoms with Gasteiger partial charge in [0.15, 0.2) is 0 Å². The van der Waals surface area contributed by atoms with Crippen LogP contribution >= 0.6 is 0 Å². The predicted octanol–water partition coefficient (Wildman–Crippen LogP) is 1.90. The van der Waals surface area contributed by atoms with Crippen LogP contribution in [0.25, 0.3) is 11.3 Å². The number of carbonyl (C=O) groups is 1. The Hall–Kier alpha value is -2.47. The van der Waals surface area contributed by atoms with Crippen molar-refractivity contribution in [3.05, 3.63) is 41.6 Å². The number of carboxylic acids is 1. The second-order valence-corrected chi connectivity index (χ2v) is 5.84. The van der Waals surface area contributed by atoms with Crippen molar-refractivity contribution in [2.75, 3.05) is 38.1 Å². The lowest BCUT2D eigenvalue weighted by Gasteiger charge is -2.32. The normalized spacial score (nSPS) is 15.7. The molecule has 0 spiro atoms. The highest BCUT2D eigenvalue weighted by molar-refractivity contribution is 5.95. The maximum Gasteiger partial charge on any atom is 0.339 e. The summed E-state index contributed by atoms with van der Waals surface area (Å²) >= 11 is 0. The fourth-order valence-corrected chi connectivity index (χ4v) is 2.73. The van der Waals surface area contributed by atoms with E-state index in [0.29, 0.717) is 11.6 Å². The molecule has 0 unspecified atom stereocenters. The van der Waals surface area contributed by atoms with Crippen molar-refractivity contribution >= 4 is 11.9 Å². The number of hydrogen-bond donors (Lipinski definition) is 1. The van der Waals surface area contributed by atoms with Crippen LogP contribution in [0, 0.1) is 6.92 Å². The van der Waals surface area contributed by atoms with E-state index in [1.54, 1.807) is 0 Å². The molecule has 120 valence electrons. The number of aromatic carboxylic acids is 1.